The van der Waals surface area contributed by atoms with Gasteiger partial charge in [-0.2, -0.15) is 0 Å². The van der Waals surface area contributed by atoms with E-state index in [2.05, 4.69) is 43.3 Å². The largest absolute Gasteiger partial charge is 0.486 e. The van der Waals surface area contributed by atoms with Crippen LogP contribution in [0.2, 0.25) is 0 Å². The van der Waals surface area contributed by atoms with E-state index in [-0.39, 0.29) is 24.2 Å². The van der Waals surface area contributed by atoms with Gasteiger partial charge in [-0.25, -0.2) is 13.6 Å². The van der Waals surface area contributed by atoms with Gasteiger partial charge in [0.1, 0.15) is 17.4 Å². The van der Waals surface area contributed by atoms with Crippen LogP contribution in [0.4, 0.5) is 20.2 Å². The van der Waals surface area contributed by atoms with Gasteiger partial charge in [0.25, 0.3) is 0 Å². The van der Waals surface area contributed by atoms with E-state index in [4.69, 9.17) is 4.74 Å². The van der Waals surface area contributed by atoms with Crippen molar-refractivity contribution in [2.24, 2.45) is 0 Å². The molecule has 0 fully saturated rings. The van der Waals surface area contributed by atoms with Gasteiger partial charge < -0.3 is 14.7 Å². The van der Waals surface area contributed by atoms with Gasteiger partial charge >= 0.3 is 5.97 Å². The van der Waals surface area contributed by atoms with Gasteiger partial charge in [-0.05, 0) is 59.7 Å². The van der Waals surface area contributed by atoms with Gasteiger partial charge in [-0.3, -0.25) is 0 Å². The van der Waals surface area contributed by atoms with E-state index >= 15 is 0 Å². The number of para-hydroxylation sites is 2. The maximum Gasteiger partial charge on any atom is 0.338 e. The molecule has 1 N–H and O–H groups in total. The lowest BCUT2D eigenvalue weighted by atomic mass is 9.90. The van der Waals surface area contributed by atoms with Crippen molar-refractivity contribution in [2.45, 2.75) is 38.2 Å². The number of aromatic carboxylic acids is 1. The van der Waals surface area contributed by atoms with Crippen LogP contribution in [0.1, 0.15) is 48.0 Å². The molecule has 1 unspecified atom stereocenters. The van der Waals surface area contributed by atoms with Gasteiger partial charge in [0.2, 0.25) is 0 Å². The zero-order valence-corrected chi connectivity index (χ0v) is 21.2. The monoisotopic (exact) mass is 523 g/mol. The predicted molar refractivity (Wildman–Crippen MR) is 145 cm³/mol. The fraction of sp³-hybridized carbons (Fsp3) is 0.233. The van der Waals surface area contributed by atoms with Crippen LogP contribution in [0.25, 0.3) is 10.8 Å². The van der Waals surface area contributed by atoms with Crippen LogP contribution >= 0.6 is 12.4 Å². The first-order valence-electron chi connectivity index (χ1n) is 12.2. The molecule has 1 aliphatic rings. The first kappa shape index (κ1) is 26.4. The van der Waals surface area contributed by atoms with Gasteiger partial charge in [0, 0.05) is 11.8 Å². The summed E-state index contributed by atoms with van der Waals surface area (Å²) in [7, 11) is 0. The third-order valence-electron chi connectivity index (χ3n) is 6.91. The number of fused-ring (bicyclic) bond motifs is 2. The van der Waals surface area contributed by atoms with Crippen molar-refractivity contribution >= 4 is 40.5 Å². The van der Waals surface area contributed by atoms with Gasteiger partial charge in [-0.1, -0.05) is 61.5 Å². The zero-order valence-electron chi connectivity index (χ0n) is 20.4. The molecule has 0 radical (unpaired) electrons. The van der Waals surface area contributed by atoms with Crippen LogP contribution in [0.3, 0.4) is 0 Å². The number of anilines is 2. The number of nitrogens with zero attached hydrogens (tertiary/aromatic N) is 1. The third-order valence-corrected chi connectivity index (χ3v) is 6.91. The second-order valence-corrected chi connectivity index (χ2v) is 9.31. The second-order valence-electron chi connectivity index (χ2n) is 9.31. The summed E-state index contributed by atoms with van der Waals surface area (Å²) in [4.78, 5) is 13.3. The lowest BCUT2D eigenvalue weighted by Crippen LogP contribution is -2.37. The van der Waals surface area contributed by atoms with Crippen LogP contribution in [0, 0.1) is 11.6 Å². The summed E-state index contributed by atoms with van der Waals surface area (Å²) in [5.41, 5.74) is 1.62. The van der Waals surface area contributed by atoms with Crippen molar-refractivity contribution in [3.05, 3.63) is 102 Å². The van der Waals surface area contributed by atoms with E-state index in [1.807, 2.05) is 35.2 Å². The molecule has 0 spiro atoms. The number of benzene rings is 4. The highest BCUT2D eigenvalue weighted by Gasteiger charge is 2.28. The number of carboxylic acids is 1. The molecule has 2 atom stereocenters. The standard InChI is InChI=1S/C30H27F2NO3.ClH/c1-19(23-13-7-10-20-9-2-3-12-24(20)23)8-6-11-22-18-33(27-14-4-5-15-28(27)36-22)21-16-25(30(34)35)29(32)26(31)17-21;/h2-5,7,9-10,12-17,19,22H,6,8,11,18H2,1H3,(H,34,35);1H/t19-,22?;/m0./s1. The quantitative estimate of drug-likeness (QED) is 0.266. The highest BCUT2D eigenvalue weighted by atomic mass is 35.5. The Kier molecular flexibility index (Phi) is 7.98. The Labute approximate surface area is 220 Å². The fourth-order valence-electron chi connectivity index (χ4n) is 5.07. The molecule has 0 aromatic heterocycles. The van der Waals surface area contributed by atoms with E-state index < -0.39 is 23.2 Å². The van der Waals surface area contributed by atoms with Crippen LogP contribution in [-0.2, 0) is 0 Å². The molecule has 5 rings (SSSR count). The van der Waals surface area contributed by atoms with Crippen LogP contribution in [-0.4, -0.2) is 23.7 Å². The molecule has 0 bridgehead atoms. The lowest BCUT2D eigenvalue weighted by molar-refractivity contribution is 0.0690. The first-order valence-corrected chi connectivity index (χ1v) is 12.2. The number of carboxylic acid groups (broad SMARTS) is 1. The number of hydrogen-bond donors (Lipinski definition) is 1. The summed E-state index contributed by atoms with van der Waals surface area (Å²) in [6.45, 7) is 2.64. The molecule has 1 aliphatic heterocycles. The molecular weight excluding hydrogens is 496 g/mol. The molecule has 37 heavy (non-hydrogen) atoms. The van der Waals surface area contributed by atoms with Gasteiger partial charge in [0.15, 0.2) is 11.6 Å². The SMILES string of the molecule is C[C@@H](CCCC1CN(c2cc(F)c(F)c(C(=O)O)c2)c2ccccc2O1)c1cccc2ccccc12.Cl. The average molecular weight is 524 g/mol. The first-order chi connectivity index (χ1) is 17.4. The summed E-state index contributed by atoms with van der Waals surface area (Å²) >= 11 is 0. The normalized spacial score (nSPS) is 15.4. The van der Waals surface area contributed by atoms with Crippen molar-refractivity contribution in [1.82, 2.24) is 0 Å². The smallest absolute Gasteiger partial charge is 0.338 e. The molecule has 4 aromatic rings. The van der Waals surface area contributed by atoms with Crippen LogP contribution in [0.5, 0.6) is 5.75 Å². The Bertz CT molecular complexity index is 1420. The number of carbonyl (C=O) groups is 1. The lowest BCUT2D eigenvalue weighted by Gasteiger charge is -2.36. The van der Waals surface area contributed by atoms with Crippen LogP contribution in [0.15, 0.2) is 78.9 Å². The van der Waals surface area contributed by atoms with Crippen molar-refractivity contribution in [1.29, 1.82) is 0 Å². The Hall–Kier alpha value is -3.64. The van der Waals surface area contributed by atoms with Gasteiger partial charge in [-0.15, -0.1) is 12.4 Å². The minimum atomic E-state index is -1.51. The summed E-state index contributed by atoms with van der Waals surface area (Å²) < 4.78 is 34.6. The molecule has 7 heteroatoms. The third kappa shape index (κ3) is 5.39. The second kappa shape index (κ2) is 11.2. The fourth-order valence-corrected chi connectivity index (χ4v) is 5.07. The number of rotatable bonds is 7. The molecule has 4 aromatic carbocycles. The predicted octanol–water partition coefficient (Wildman–Crippen LogP) is 8.11. The maximum absolute atomic E-state index is 14.3. The molecule has 4 nitrogen and oxygen atoms in total. The Morgan fingerprint density at radius 2 is 1.78 bits per heavy atom. The Morgan fingerprint density at radius 3 is 2.59 bits per heavy atom. The molecule has 192 valence electrons. The minimum absolute atomic E-state index is 0. The van der Waals surface area contributed by atoms with E-state index in [1.54, 1.807) is 0 Å². The topological polar surface area (TPSA) is 49.8 Å². The average Bonchev–Trinajstić information content (AvgIpc) is 2.89. The van der Waals surface area contributed by atoms with Crippen molar-refractivity contribution in [3.63, 3.8) is 0 Å². The highest BCUT2D eigenvalue weighted by Crippen LogP contribution is 2.40. The number of ether oxygens (including phenoxy) is 1. The molecule has 0 aliphatic carbocycles. The Balaban J connectivity index is 0.00000320. The van der Waals surface area contributed by atoms with Crippen molar-refractivity contribution in [2.75, 3.05) is 11.4 Å². The Morgan fingerprint density at radius 1 is 1.05 bits per heavy atom. The van der Waals surface area contributed by atoms with Gasteiger partial charge in [0.05, 0.1) is 12.2 Å². The minimum Gasteiger partial charge on any atom is -0.486 e. The number of hydrogen-bond acceptors (Lipinski definition) is 3. The van der Waals surface area contributed by atoms with E-state index in [0.29, 0.717) is 23.9 Å². The molecule has 0 saturated heterocycles. The van der Waals surface area contributed by atoms with E-state index in [1.165, 1.54) is 22.4 Å². The molecule has 0 amide bonds. The molecular formula is C30H28ClF2NO3. The maximum atomic E-state index is 14.3. The van der Waals surface area contributed by atoms with E-state index in [0.717, 1.165) is 25.3 Å². The zero-order chi connectivity index (χ0) is 25.2. The molecule has 1 heterocycles. The van der Waals surface area contributed by atoms with Crippen molar-refractivity contribution < 1.29 is 23.4 Å². The summed E-state index contributed by atoms with van der Waals surface area (Å²) in [5.74, 6) is -3.04. The summed E-state index contributed by atoms with van der Waals surface area (Å²) in [5, 5.41) is 11.8. The summed E-state index contributed by atoms with van der Waals surface area (Å²) in [6.07, 6.45) is 2.49. The van der Waals surface area contributed by atoms with Crippen molar-refractivity contribution in [3.8, 4) is 5.75 Å². The summed E-state index contributed by atoms with van der Waals surface area (Å²) in [6, 6.07) is 24.4. The van der Waals surface area contributed by atoms with Crippen LogP contribution < -0.4 is 9.64 Å². The molecule has 0 saturated carbocycles. The highest BCUT2D eigenvalue weighted by molar-refractivity contribution is 5.90. The number of halogens is 3. The van der Waals surface area contributed by atoms with E-state index in [9.17, 15) is 18.7 Å².